The van der Waals surface area contributed by atoms with Gasteiger partial charge in [-0.3, -0.25) is 0 Å². The summed E-state index contributed by atoms with van der Waals surface area (Å²) >= 11 is 0. The third-order valence-corrected chi connectivity index (χ3v) is 20.4. The quantitative estimate of drug-likeness (QED) is 0.101. The van der Waals surface area contributed by atoms with E-state index in [4.69, 9.17) is 0 Å². The topological polar surface area (TPSA) is 6.48 Å². The highest BCUT2D eigenvalue weighted by Crippen LogP contribution is 2.60. The molecule has 0 aliphatic heterocycles. The van der Waals surface area contributed by atoms with Crippen molar-refractivity contribution in [1.29, 1.82) is 0 Å². The number of hydrogen-bond donors (Lipinski definition) is 0. The summed E-state index contributed by atoms with van der Waals surface area (Å²) in [6.45, 7) is 17.1. The molecule has 0 spiro atoms. The first-order valence-electron chi connectivity index (χ1n) is 33.4. The highest BCUT2D eigenvalue weighted by molar-refractivity contribution is 5.93. The smallest absolute Gasteiger partial charge is 0.133 e. The number of benzene rings is 14. The van der Waals surface area contributed by atoms with Gasteiger partial charge in [0.25, 0.3) is 0 Å². The fourth-order valence-electron chi connectivity index (χ4n) is 15.9. The first kappa shape index (κ1) is 60.1. The molecule has 16 rings (SSSR count). The largest absolute Gasteiger partial charge is 0.310 e. The second kappa shape index (κ2) is 24.5. The van der Waals surface area contributed by atoms with Gasteiger partial charge in [-0.1, -0.05) is 279 Å². The van der Waals surface area contributed by atoms with Crippen molar-refractivity contribution in [2.45, 2.75) is 38.5 Å². The van der Waals surface area contributed by atoms with Crippen LogP contribution in [-0.4, -0.2) is 0 Å². The Morgan fingerprint density at radius 1 is 0.268 bits per heavy atom. The van der Waals surface area contributed by atoms with Crippen molar-refractivity contribution in [2.24, 2.45) is 0 Å². The molecule has 2 aliphatic carbocycles. The van der Waals surface area contributed by atoms with Gasteiger partial charge in [0.2, 0.25) is 0 Å². The first-order valence-corrected chi connectivity index (χ1v) is 33.4. The molecule has 97 heavy (non-hydrogen) atoms. The summed E-state index contributed by atoms with van der Waals surface area (Å²) in [4.78, 5) is 4.56. The summed E-state index contributed by atoms with van der Waals surface area (Å²) in [5.74, 6) is -0.327. The van der Waals surface area contributed by atoms with Crippen molar-refractivity contribution in [3.8, 4) is 55.6 Å². The summed E-state index contributed by atoms with van der Waals surface area (Å²) < 4.78 is 17.9. The molecule has 2 aliphatic rings. The zero-order valence-corrected chi connectivity index (χ0v) is 54.9. The minimum Gasteiger partial charge on any atom is -0.310 e. The lowest BCUT2D eigenvalue weighted by Gasteiger charge is -2.36. The van der Waals surface area contributed by atoms with Crippen LogP contribution in [0.1, 0.15) is 77.9 Å². The Labute approximate surface area is 569 Å². The lowest BCUT2D eigenvalue weighted by atomic mass is 9.66. The summed E-state index contributed by atoms with van der Waals surface area (Å²) in [7, 11) is 0. The van der Waals surface area contributed by atoms with Crippen molar-refractivity contribution in [1.82, 2.24) is 0 Å². The molecule has 2 unspecified atom stereocenters. The van der Waals surface area contributed by atoms with Gasteiger partial charge in [0.15, 0.2) is 0 Å². The molecule has 0 amide bonds. The Morgan fingerprint density at radius 3 is 1.10 bits per heavy atom. The van der Waals surface area contributed by atoms with Crippen LogP contribution in [-0.2, 0) is 10.8 Å². The minimum atomic E-state index is -0.680. The number of hydrogen-bond acceptors (Lipinski definition) is 2. The van der Waals surface area contributed by atoms with E-state index < -0.39 is 10.8 Å². The normalized spacial score (nSPS) is 14.8. The maximum atomic E-state index is 17.9. The molecule has 3 heteroatoms. The highest BCUT2D eigenvalue weighted by Gasteiger charge is 2.49. The van der Waals surface area contributed by atoms with Crippen LogP contribution < -0.4 is 9.80 Å². The first-order chi connectivity index (χ1) is 47.5. The average molecular weight is 1250 g/mol. The van der Waals surface area contributed by atoms with E-state index in [-0.39, 0.29) is 5.82 Å². The predicted molar refractivity (Wildman–Crippen MR) is 406 cm³/mol. The van der Waals surface area contributed by atoms with Gasteiger partial charge in [-0.25, -0.2) is 4.39 Å². The molecule has 0 aromatic heterocycles. The van der Waals surface area contributed by atoms with Crippen LogP contribution in [0.2, 0.25) is 0 Å². The van der Waals surface area contributed by atoms with Crippen molar-refractivity contribution in [2.75, 3.05) is 9.80 Å². The fourth-order valence-corrected chi connectivity index (χ4v) is 15.9. The van der Waals surface area contributed by atoms with E-state index in [1.54, 1.807) is 6.07 Å². The number of nitrogens with zero attached hydrogens (tertiary/aromatic N) is 2. The van der Waals surface area contributed by atoms with Gasteiger partial charge < -0.3 is 9.80 Å². The van der Waals surface area contributed by atoms with E-state index in [0.717, 1.165) is 78.5 Å². The number of halogens is 1. The predicted octanol–water partition coefficient (Wildman–Crippen LogP) is 25.0. The number of anilines is 6. The SMILES string of the molecule is C=Cc1ccc(C2(c3ccc(C)cc3C)c3ccccc3-c3ccc(N(c4ccc(-c5ccccc5)cc4)c4ccc(-c5ccc(N(c6ccc(-c7ccccc7)cc6)c6ccc7c(c6)C(c6ccc(C=C)cc6)(c6cc(C)ccc6C)c6ccccc6-7)cc5)c(F)c4)cc32)cc1. The number of aryl methyl sites for hydroxylation is 4. The summed E-state index contributed by atoms with van der Waals surface area (Å²) in [6.07, 6.45) is 3.82. The van der Waals surface area contributed by atoms with Crippen molar-refractivity contribution in [3.05, 3.63) is 418 Å². The molecule has 0 radical (unpaired) electrons. The molecule has 0 bridgehead atoms. The standard InChI is InChI=1S/C94H71FN2/c1-7-66-30-40-73(41-31-66)93(86-56-28-62(3)57-65(86)6)87-25-17-15-23-82(87)84-55-52-79(60-90(84)93)97(77-46-36-71(37-47-77)69-21-13-10-14-22-69)80-50-53-81(92(95)61-80)72-38-48-76(49-39-72)96(75-44-34-70(35-45-75)68-19-11-9-12-20-68)78-51-54-85-83-24-16-18-26-88(83)94(91(85)59-78,74-42-32-67(8-2)33-43-74)89-58-63(4)27-29-64(89)5/h7-61H,1-2H2,3-6H3. The summed E-state index contributed by atoms with van der Waals surface area (Å²) in [6, 6.07) is 116. The summed E-state index contributed by atoms with van der Waals surface area (Å²) in [5.41, 5.74) is 31.3. The third kappa shape index (κ3) is 10.1. The van der Waals surface area contributed by atoms with E-state index in [2.05, 4.69) is 354 Å². The lowest BCUT2D eigenvalue weighted by molar-refractivity contribution is 0.631. The number of fused-ring (bicyclic) bond motifs is 6. The minimum absolute atomic E-state index is 0.327. The van der Waals surface area contributed by atoms with Crippen LogP contribution in [0.4, 0.5) is 38.5 Å². The maximum absolute atomic E-state index is 17.9. The zero-order chi connectivity index (χ0) is 65.9. The molecule has 2 atom stereocenters. The zero-order valence-electron chi connectivity index (χ0n) is 54.9. The molecular weight excluding hydrogens is 1180 g/mol. The Kier molecular flexibility index (Phi) is 15.1. The maximum Gasteiger partial charge on any atom is 0.133 e. The molecule has 2 nitrogen and oxygen atoms in total. The van der Waals surface area contributed by atoms with Crippen LogP contribution in [0.25, 0.3) is 67.8 Å². The molecule has 0 N–H and O–H groups in total. The Morgan fingerprint density at radius 2 is 0.639 bits per heavy atom. The van der Waals surface area contributed by atoms with Gasteiger partial charge in [0.05, 0.1) is 10.8 Å². The van der Waals surface area contributed by atoms with Gasteiger partial charge in [0, 0.05) is 39.7 Å². The Hall–Kier alpha value is -11.9. The fraction of sp³-hybridized carbons (Fsp3) is 0.0638. The molecule has 14 aromatic carbocycles. The highest BCUT2D eigenvalue weighted by atomic mass is 19.1. The van der Waals surface area contributed by atoms with Gasteiger partial charge in [0.1, 0.15) is 5.82 Å². The van der Waals surface area contributed by atoms with Crippen LogP contribution in [0, 0.1) is 33.5 Å². The third-order valence-electron chi connectivity index (χ3n) is 20.4. The average Bonchev–Trinajstić information content (AvgIpc) is 1.56. The second-order valence-corrected chi connectivity index (χ2v) is 26.0. The lowest BCUT2D eigenvalue weighted by Crippen LogP contribution is -2.30. The van der Waals surface area contributed by atoms with Crippen LogP contribution in [0.5, 0.6) is 0 Å². The molecular formula is C94H71FN2. The second-order valence-electron chi connectivity index (χ2n) is 26.0. The summed E-state index contributed by atoms with van der Waals surface area (Å²) in [5, 5.41) is 0. The monoisotopic (exact) mass is 1250 g/mol. The van der Waals surface area contributed by atoms with Gasteiger partial charge in [-0.05, 0) is 223 Å². The van der Waals surface area contributed by atoms with Crippen molar-refractivity contribution < 1.29 is 4.39 Å². The molecule has 14 aromatic rings. The van der Waals surface area contributed by atoms with Crippen LogP contribution in [0.15, 0.2) is 335 Å². The molecule has 0 saturated carbocycles. The van der Waals surface area contributed by atoms with E-state index in [0.29, 0.717) is 11.3 Å². The Bertz CT molecular complexity index is 5340. The van der Waals surface area contributed by atoms with E-state index in [1.165, 1.54) is 77.9 Å². The Balaban J connectivity index is 0.827. The molecule has 0 heterocycles. The van der Waals surface area contributed by atoms with Crippen molar-refractivity contribution >= 4 is 46.3 Å². The molecule has 0 saturated heterocycles. The molecule has 464 valence electrons. The van der Waals surface area contributed by atoms with E-state index >= 15 is 4.39 Å². The molecule has 0 fully saturated rings. The van der Waals surface area contributed by atoms with Crippen molar-refractivity contribution in [3.63, 3.8) is 0 Å². The number of rotatable bonds is 15. The van der Waals surface area contributed by atoms with E-state index in [1.807, 2.05) is 24.3 Å². The van der Waals surface area contributed by atoms with E-state index in [9.17, 15) is 0 Å². The van der Waals surface area contributed by atoms with Gasteiger partial charge >= 0.3 is 0 Å². The van der Waals surface area contributed by atoms with Crippen LogP contribution in [0.3, 0.4) is 0 Å². The van der Waals surface area contributed by atoms with Gasteiger partial charge in [-0.15, -0.1) is 0 Å². The van der Waals surface area contributed by atoms with Gasteiger partial charge in [-0.2, -0.15) is 0 Å². The van der Waals surface area contributed by atoms with Crippen LogP contribution >= 0.6 is 0 Å².